The van der Waals surface area contributed by atoms with Crippen molar-refractivity contribution >= 4 is 18.0 Å². The molecule has 0 aliphatic carbocycles. The second kappa shape index (κ2) is 7.53. The van der Waals surface area contributed by atoms with Gasteiger partial charge in [-0.05, 0) is 12.1 Å². The molecule has 3 aliphatic rings. The summed E-state index contributed by atoms with van der Waals surface area (Å²) in [6.45, 7) is 1.27. The van der Waals surface area contributed by atoms with E-state index in [4.69, 9.17) is 4.74 Å². The molecule has 2 atom stereocenters. The highest BCUT2D eigenvalue weighted by atomic mass is 19.1. The summed E-state index contributed by atoms with van der Waals surface area (Å²) >= 11 is 0. The zero-order valence-electron chi connectivity index (χ0n) is 15.2. The van der Waals surface area contributed by atoms with Gasteiger partial charge in [-0.1, -0.05) is 12.1 Å². The molecule has 3 fully saturated rings. The number of amides is 5. The summed E-state index contributed by atoms with van der Waals surface area (Å²) in [5.41, 5.74) is 0. The molecule has 3 saturated heterocycles. The van der Waals surface area contributed by atoms with Crippen LogP contribution in [-0.4, -0.2) is 65.8 Å². The number of piperidine rings is 1. The van der Waals surface area contributed by atoms with Crippen LogP contribution in [0.4, 0.5) is 14.0 Å². The molecule has 0 aromatic heterocycles. The summed E-state index contributed by atoms with van der Waals surface area (Å²) in [7, 11) is 0. The van der Waals surface area contributed by atoms with E-state index in [9.17, 15) is 18.8 Å². The number of benzene rings is 1. The Hall–Kier alpha value is -3.04. The van der Waals surface area contributed by atoms with Crippen LogP contribution in [0.3, 0.4) is 0 Å². The van der Waals surface area contributed by atoms with Crippen molar-refractivity contribution in [1.29, 1.82) is 0 Å². The average Bonchev–Trinajstić information content (AvgIpc) is 3.17. The predicted molar refractivity (Wildman–Crippen MR) is 95.7 cm³/mol. The molecule has 1 aromatic carbocycles. The lowest BCUT2D eigenvalue weighted by atomic mass is 10.1. The first-order valence-corrected chi connectivity index (χ1v) is 9.34. The molecule has 0 unspecified atom stereocenters. The molecule has 0 bridgehead atoms. The fourth-order valence-electron chi connectivity index (χ4n) is 3.75. The Bertz CT molecular complexity index is 783. The molecule has 0 saturated carbocycles. The maximum atomic E-state index is 13.7. The fourth-order valence-corrected chi connectivity index (χ4v) is 3.75. The molecule has 3 heterocycles. The highest BCUT2D eigenvalue weighted by Crippen LogP contribution is 2.22. The first kappa shape index (κ1) is 18.3. The van der Waals surface area contributed by atoms with Crippen molar-refractivity contribution in [3.8, 4) is 5.75 Å². The minimum absolute atomic E-state index is 0.0575. The maximum absolute atomic E-state index is 13.7. The van der Waals surface area contributed by atoms with Gasteiger partial charge in [0, 0.05) is 38.9 Å². The number of halogens is 1. The zero-order chi connectivity index (χ0) is 19.7. The number of nitrogens with one attached hydrogen (secondary N) is 3. The minimum atomic E-state index is -0.479. The van der Waals surface area contributed by atoms with Crippen molar-refractivity contribution in [3.63, 3.8) is 0 Å². The van der Waals surface area contributed by atoms with Crippen LogP contribution < -0.4 is 20.7 Å². The van der Waals surface area contributed by atoms with E-state index >= 15 is 0 Å². The quantitative estimate of drug-likeness (QED) is 0.683. The largest absolute Gasteiger partial charge is 0.487 e. The molecular formula is C18H22FN5O4. The lowest BCUT2D eigenvalue weighted by molar-refractivity contribution is -0.133. The third-order valence-electron chi connectivity index (χ3n) is 5.25. The Labute approximate surface area is 161 Å². The van der Waals surface area contributed by atoms with Gasteiger partial charge in [0.05, 0.1) is 0 Å². The van der Waals surface area contributed by atoms with Crippen molar-refractivity contribution in [1.82, 2.24) is 25.8 Å². The standard InChI is InChI=1S/C18H22FN5O4/c19-12-3-1-2-4-13(12)28-11-5-8-23(9-6-11)14(25)7-10-24-16-15(21-18(24)27)20-17(26)22-16/h1-4,11,15-16H,5-10H2,(H,21,27)(H2,20,22,26)/t15-,16+/m1/s1. The normalized spacial score (nSPS) is 24.5. The van der Waals surface area contributed by atoms with Gasteiger partial charge in [-0.2, -0.15) is 0 Å². The number of hydrogen-bond donors (Lipinski definition) is 3. The first-order chi connectivity index (χ1) is 13.5. The molecule has 0 radical (unpaired) electrons. The van der Waals surface area contributed by atoms with Crippen molar-refractivity contribution in [2.24, 2.45) is 0 Å². The molecule has 3 N–H and O–H groups in total. The van der Waals surface area contributed by atoms with Crippen LogP contribution in [0.15, 0.2) is 24.3 Å². The van der Waals surface area contributed by atoms with E-state index in [-0.39, 0.29) is 42.8 Å². The topological polar surface area (TPSA) is 103 Å². The Morgan fingerprint density at radius 1 is 1.14 bits per heavy atom. The number of likely N-dealkylation sites (tertiary alicyclic amines) is 1. The second-order valence-corrected chi connectivity index (χ2v) is 7.06. The summed E-state index contributed by atoms with van der Waals surface area (Å²) in [6.07, 6.45) is 0.329. The Kier molecular flexibility index (Phi) is 4.93. The predicted octanol–water partition coefficient (Wildman–Crippen LogP) is 0.576. The SMILES string of the molecule is O=C1N[C@@H]2NC(=O)N(CCC(=O)N3CCC(Oc4ccccc4F)CC3)[C@@H]2N1. The number of carbonyl (C=O) groups excluding carboxylic acids is 3. The first-order valence-electron chi connectivity index (χ1n) is 9.34. The number of hydrogen-bond acceptors (Lipinski definition) is 4. The lowest BCUT2D eigenvalue weighted by Crippen LogP contribution is -2.46. The van der Waals surface area contributed by atoms with Crippen LogP contribution in [0.1, 0.15) is 19.3 Å². The fraction of sp³-hybridized carbons (Fsp3) is 0.500. The van der Waals surface area contributed by atoms with Crippen LogP contribution in [0.5, 0.6) is 5.75 Å². The van der Waals surface area contributed by atoms with E-state index in [2.05, 4.69) is 16.0 Å². The van der Waals surface area contributed by atoms with Crippen LogP contribution in [-0.2, 0) is 4.79 Å². The van der Waals surface area contributed by atoms with Gasteiger partial charge in [0.2, 0.25) is 5.91 Å². The van der Waals surface area contributed by atoms with Gasteiger partial charge in [0.15, 0.2) is 11.6 Å². The number of carbonyl (C=O) groups is 3. The Balaban J connectivity index is 1.24. The van der Waals surface area contributed by atoms with Crippen LogP contribution in [0.25, 0.3) is 0 Å². The van der Waals surface area contributed by atoms with Crippen molar-refractivity contribution in [2.75, 3.05) is 19.6 Å². The van der Waals surface area contributed by atoms with Gasteiger partial charge in [-0.3, -0.25) is 9.69 Å². The molecule has 10 heteroatoms. The van der Waals surface area contributed by atoms with Crippen LogP contribution in [0.2, 0.25) is 0 Å². The summed E-state index contributed by atoms with van der Waals surface area (Å²) in [6, 6.07) is 5.63. The van der Waals surface area contributed by atoms with Crippen molar-refractivity contribution in [2.45, 2.75) is 37.7 Å². The van der Waals surface area contributed by atoms with Gasteiger partial charge in [0.1, 0.15) is 18.4 Å². The highest BCUT2D eigenvalue weighted by molar-refractivity contribution is 5.85. The van der Waals surface area contributed by atoms with E-state index < -0.39 is 18.1 Å². The van der Waals surface area contributed by atoms with Gasteiger partial charge in [-0.15, -0.1) is 0 Å². The second-order valence-electron chi connectivity index (χ2n) is 7.06. The molecule has 9 nitrogen and oxygen atoms in total. The lowest BCUT2D eigenvalue weighted by Gasteiger charge is -2.32. The average molecular weight is 391 g/mol. The smallest absolute Gasteiger partial charge is 0.320 e. The summed E-state index contributed by atoms with van der Waals surface area (Å²) in [5.74, 6) is -0.219. The number of fused-ring (bicyclic) bond motifs is 1. The van der Waals surface area contributed by atoms with Crippen molar-refractivity contribution < 1.29 is 23.5 Å². The molecule has 28 heavy (non-hydrogen) atoms. The molecule has 150 valence electrons. The maximum Gasteiger partial charge on any atom is 0.320 e. The van der Waals surface area contributed by atoms with E-state index in [1.807, 2.05) is 0 Å². The zero-order valence-corrected chi connectivity index (χ0v) is 15.2. The molecular weight excluding hydrogens is 369 g/mol. The molecule has 1 aromatic rings. The number of rotatable bonds is 5. The number of urea groups is 2. The van der Waals surface area contributed by atoms with Gasteiger partial charge in [0.25, 0.3) is 0 Å². The molecule has 0 spiro atoms. The monoisotopic (exact) mass is 391 g/mol. The highest BCUT2D eigenvalue weighted by Gasteiger charge is 2.45. The van der Waals surface area contributed by atoms with Gasteiger partial charge in [-0.25, -0.2) is 14.0 Å². The summed E-state index contributed by atoms with van der Waals surface area (Å²) in [4.78, 5) is 39.0. The van der Waals surface area contributed by atoms with Gasteiger partial charge >= 0.3 is 12.1 Å². The van der Waals surface area contributed by atoms with Crippen LogP contribution in [0, 0.1) is 5.82 Å². The molecule has 5 amide bonds. The Morgan fingerprint density at radius 3 is 2.64 bits per heavy atom. The number of nitrogens with zero attached hydrogens (tertiary/aromatic N) is 2. The summed E-state index contributed by atoms with van der Waals surface area (Å²) < 4.78 is 19.4. The third-order valence-corrected chi connectivity index (χ3v) is 5.25. The molecule has 4 rings (SSSR count). The number of ether oxygens (including phenoxy) is 1. The van der Waals surface area contributed by atoms with E-state index in [0.29, 0.717) is 25.9 Å². The van der Waals surface area contributed by atoms with Gasteiger partial charge < -0.3 is 25.6 Å². The Morgan fingerprint density at radius 2 is 1.89 bits per heavy atom. The van der Waals surface area contributed by atoms with E-state index in [0.717, 1.165) is 0 Å². The van der Waals surface area contributed by atoms with E-state index in [1.54, 1.807) is 23.1 Å². The minimum Gasteiger partial charge on any atom is -0.487 e. The van der Waals surface area contributed by atoms with Crippen molar-refractivity contribution in [3.05, 3.63) is 30.1 Å². The summed E-state index contributed by atoms with van der Waals surface area (Å²) in [5, 5.41) is 7.90. The molecule has 3 aliphatic heterocycles. The third kappa shape index (κ3) is 3.67. The van der Waals surface area contributed by atoms with Crippen LogP contribution >= 0.6 is 0 Å². The van der Waals surface area contributed by atoms with E-state index in [1.165, 1.54) is 11.0 Å². The number of para-hydroxylation sites is 1.